The van der Waals surface area contributed by atoms with Gasteiger partial charge in [-0.2, -0.15) is 0 Å². The Morgan fingerprint density at radius 2 is 2.06 bits per heavy atom. The first-order valence-electron chi connectivity index (χ1n) is 6.00. The number of nitrogens with zero attached hydrogens (tertiary/aromatic N) is 1. The van der Waals surface area contributed by atoms with E-state index in [9.17, 15) is 4.39 Å². The summed E-state index contributed by atoms with van der Waals surface area (Å²) in [6.45, 7) is 6.10. The van der Waals surface area contributed by atoms with Crippen molar-refractivity contribution in [2.45, 2.75) is 32.9 Å². The lowest BCUT2D eigenvalue weighted by Gasteiger charge is -2.19. The van der Waals surface area contributed by atoms with E-state index in [0.29, 0.717) is 0 Å². The molecule has 18 heavy (non-hydrogen) atoms. The molecule has 0 fully saturated rings. The molecule has 0 radical (unpaired) electrons. The van der Waals surface area contributed by atoms with Crippen molar-refractivity contribution in [3.63, 3.8) is 0 Å². The van der Waals surface area contributed by atoms with E-state index in [0.717, 1.165) is 16.3 Å². The fraction of sp³-hybridized carbons (Fsp3) is 0.357. The zero-order chi connectivity index (χ0) is 13.1. The average Bonchev–Trinajstić information content (AvgIpc) is 2.76. The van der Waals surface area contributed by atoms with Crippen molar-refractivity contribution in [2.24, 2.45) is 0 Å². The van der Waals surface area contributed by atoms with Gasteiger partial charge in [-0.25, -0.2) is 9.37 Å². The maximum atomic E-state index is 13.2. The first kappa shape index (κ1) is 13.2. The predicted octanol–water partition coefficient (Wildman–Crippen LogP) is 4.00. The average molecular weight is 264 g/mol. The number of benzene rings is 1. The van der Waals surface area contributed by atoms with Gasteiger partial charge in [0.1, 0.15) is 5.82 Å². The molecule has 2 nitrogen and oxygen atoms in total. The lowest BCUT2D eigenvalue weighted by molar-refractivity contribution is 0.485. The predicted molar refractivity (Wildman–Crippen MR) is 73.2 cm³/mol. The Morgan fingerprint density at radius 1 is 1.28 bits per heavy atom. The van der Waals surface area contributed by atoms with Crippen molar-refractivity contribution in [1.29, 1.82) is 0 Å². The van der Waals surface area contributed by atoms with Crippen molar-refractivity contribution in [3.05, 3.63) is 51.7 Å². The Kier molecular flexibility index (Phi) is 4.09. The summed E-state index contributed by atoms with van der Waals surface area (Å²) in [5, 5.41) is 6.56. The summed E-state index contributed by atoms with van der Waals surface area (Å²) in [7, 11) is 0. The van der Waals surface area contributed by atoms with Crippen LogP contribution in [0.25, 0.3) is 0 Å². The first-order chi connectivity index (χ1) is 8.56. The molecule has 1 N–H and O–H groups in total. The van der Waals surface area contributed by atoms with E-state index in [4.69, 9.17) is 0 Å². The Hall–Kier alpha value is -1.26. The van der Waals surface area contributed by atoms with Gasteiger partial charge < -0.3 is 5.32 Å². The largest absolute Gasteiger partial charge is 0.302 e. The Morgan fingerprint density at radius 3 is 2.67 bits per heavy atom. The third-order valence-electron chi connectivity index (χ3n) is 2.93. The van der Waals surface area contributed by atoms with E-state index in [1.165, 1.54) is 6.07 Å². The molecule has 0 aliphatic rings. The van der Waals surface area contributed by atoms with Crippen LogP contribution in [-0.4, -0.2) is 4.98 Å². The summed E-state index contributed by atoms with van der Waals surface area (Å²) in [6, 6.07) is 6.95. The van der Waals surface area contributed by atoms with Crippen LogP contribution in [0, 0.1) is 12.7 Å². The molecule has 0 spiro atoms. The minimum absolute atomic E-state index is 0.0951. The number of hydrogen-bond donors (Lipinski definition) is 1. The molecule has 0 amide bonds. The van der Waals surface area contributed by atoms with Crippen molar-refractivity contribution in [3.8, 4) is 0 Å². The topological polar surface area (TPSA) is 24.9 Å². The maximum Gasteiger partial charge on any atom is 0.123 e. The van der Waals surface area contributed by atoms with E-state index in [2.05, 4.69) is 22.6 Å². The number of thiazole rings is 1. The van der Waals surface area contributed by atoms with Crippen LogP contribution in [0.5, 0.6) is 0 Å². The van der Waals surface area contributed by atoms with Crippen LogP contribution in [0.15, 0.2) is 29.6 Å². The quantitative estimate of drug-likeness (QED) is 0.902. The summed E-state index contributed by atoms with van der Waals surface area (Å²) in [5.74, 6) is -0.196. The normalized spacial score (nSPS) is 14.4. The highest BCUT2D eigenvalue weighted by Crippen LogP contribution is 2.21. The van der Waals surface area contributed by atoms with Gasteiger partial charge in [-0.1, -0.05) is 12.1 Å². The van der Waals surface area contributed by atoms with Crippen molar-refractivity contribution < 1.29 is 4.39 Å². The van der Waals surface area contributed by atoms with Gasteiger partial charge >= 0.3 is 0 Å². The highest BCUT2D eigenvalue weighted by molar-refractivity contribution is 7.09. The number of aromatic nitrogens is 1. The molecule has 2 aromatic rings. The number of aryl methyl sites for hydroxylation is 1. The maximum absolute atomic E-state index is 13.2. The lowest BCUT2D eigenvalue weighted by Crippen LogP contribution is -2.22. The molecule has 1 aromatic heterocycles. The Labute approximate surface area is 111 Å². The zero-order valence-corrected chi connectivity index (χ0v) is 11.6. The van der Waals surface area contributed by atoms with Crippen LogP contribution in [-0.2, 0) is 0 Å². The van der Waals surface area contributed by atoms with Gasteiger partial charge in [0.25, 0.3) is 0 Å². The van der Waals surface area contributed by atoms with E-state index in [1.807, 2.05) is 19.9 Å². The highest BCUT2D eigenvalue weighted by atomic mass is 32.1. The second-order valence-corrected chi connectivity index (χ2v) is 5.52. The van der Waals surface area contributed by atoms with Gasteiger partial charge in [-0.05, 0) is 38.5 Å². The summed E-state index contributed by atoms with van der Waals surface area (Å²) in [4.78, 5) is 4.46. The van der Waals surface area contributed by atoms with Crippen LogP contribution in [0.4, 0.5) is 4.39 Å². The Balaban J connectivity index is 2.05. The molecule has 96 valence electrons. The van der Waals surface area contributed by atoms with Gasteiger partial charge in [0.05, 0.1) is 10.7 Å². The molecular weight excluding hydrogens is 247 g/mol. The fourth-order valence-corrected chi connectivity index (χ4v) is 2.62. The highest BCUT2D eigenvalue weighted by Gasteiger charge is 2.13. The molecule has 1 heterocycles. The number of nitrogens with one attached hydrogen (secondary N) is 1. The summed E-state index contributed by atoms with van der Waals surface area (Å²) >= 11 is 1.65. The van der Waals surface area contributed by atoms with E-state index < -0.39 is 0 Å². The molecule has 1 unspecified atom stereocenters. The van der Waals surface area contributed by atoms with Gasteiger partial charge in [0, 0.05) is 17.5 Å². The summed E-state index contributed by atoms with van der Waals surface area (Å²) in [5.41, 5.74) is 1.99. The zero-order valence-electron chi connectivity index (χ0n) is 10.8. The van der Waals surface area contributed by atoms with E-state index in [-0.39, 0.29) is 17.9 Å². The van der Waals surface area contributed by atoms with Crippen LogP contribution in [0.2, 0.25) is 0 Å². The van der Waals surface area contributed by atoms with Gasteiger partial charge in [-0.15, -0.1) is 11.3 Å². The van der Waals surface area contributed by atoms with Crippen molar-refractivity contribution in [1.82, 2.24) is 10.3 Å². The van der Waals surface area contributed by atoms with Gasteiger partial charge in [-0.3, -0.25) is 0 Å². The molecule has 0 aliphatic carbocycles. The van der Waals surface area contributed by atoms with E-state index in [1.54, 1.807) is 23.5 Å². The Bertz CT molecular complexity index is 524. The minimum atomic E-state index is -0.196. The van der Waals surface area contributed by atoms with Crippen LogP contribution >= 0.6 is 11.3 Å². The SMILES string of the molecule is Cc1nc(C(C)N[C@H](C)c2cccc(F)c2)cs1. The van der Waals surface area contributed by atoms with Crippen LogP contribution < -0.4 is 5.32 Å². The standard InChI is InChI=1S/C14H17FN2S/c1-9(12-5-4-6-13(15)7-12)16-10(2)14-8-18-11(3)17-14/h4-10,16H,1-3H3/t9-,10?/m1/s1. The second kappa shape index (κ2) is 5.59. The second-order valence-electron chi connectivity index (χ2n) is 4.46. The molecule has 0 saturated heterocycles. The first-order valence-corrected chi connectivity index (χ1v) is 6.88. The fourth-order valence-electron chi connectivity index (χ4n) is 1.91. The van der Waals surface area contributed by atoms with Crippen molar-refractivity contribution >= 4 is 11.3 Å². The summed E-state index contributed by atoms with van der Waals surface area (Å²) < 4.78 is 13.2. The van der Waals surface area contributed by atoms with E-state index >= 15 is 0 Å². The van der Waals surface area contributed by atoms with Crippen LogP contribution in [0.3, 0.4) is 0 Å². The van der Waals surface area contributed by atoms with Crippen LogP contribution in [0.1, 0.15) is 42.2 Å². The smallest absolute Gasteiger partial charge is 0.123 e. The monoisotopic (exact) mass is 264 g/mol. The third-order valence-corrected chi connectivity index (χ3v) is 3.72. The number of halogens is 1. The minimum Gasteiger partial charge on any atom is -0.302 e. The lowest BCUT2D eigenvalue weighted by atomic mass is 10.1. The molecule has 0 bridgehead atoms. The molecule has 1 aromatic carbocycles. The number of hydrogen-bond acceptors (Lipinski definition) is 3. The summed E-state index contributed by atoms with van der Waals surface area (Å²) in [6.07, 6.45) is 0. The number of rotatable bonds is 4. The molecule has 0 saturated carbocycles. The molecular formula is C14H17FN2S. The molecule has 2 rings (SSSR count). The molecule has 2 atom stereocenters. The van der Waals surface area contributed by atoms with Gasteiger partial charge in [0.2, 0.25) is 0 Å². The third kappa shape index (κ3) is 3.15. The molecule has 0 aliphatic heterocycles. The van der Waals surface area contributed by atoms with Gasteiger partial charge in [0.15, 0.2) is 0 Å². The van der Waals surface area contributed by atoms with Crippen molar-refractivity contribution in [2.75, 3.05) is 0 Å². The molecule has 4 heteroatoms.